The molecule has 0 saturated carbocycles. The molecule has 2 nitrogen and oxygen atoms in total. The van der Waals surface area contributed by atoms with Crippen LogP contribution in [-0.2, 0) is 6.42 Å². The van der Waals surface area contributed by atoms with E-state index in [4.69, 9.17) is 0 Å². The molecule has 2 rings (SSSR count). The van der Waals surface area contributed by atoms with Crippen LogP contribution >= 0.6 is 27.3 Å². The maximum atomic E-state index is 13.4. The topological polar surface area (TPSA) is 34.1 Å². The molecule has 1 aromatic heterocycles. The zero-order valence-electron chi connectivity index (χ0n) is 10.4. The van der Waals surface area contributed by atoms with Crippen LogP contribution in [-0.4, -0.2) is 17.5 Å². The van der Waals surface area contributed by atoms with Gasteiger partial charge in [-0.25, -0.2) is 0 Å². The maximum absolute atomic E-state index is 13.4. The van der Waals surface area contributed by atoms with Crippen LogP contribution in [0.15, 0.2) is 3.79 Å². The number of ketones is 2. The van der Waals surface area contributed by atoms with Gasteiger partial charge in [0.15, 0.2) is 0 Å². The minimum atomic E-state index is -3.86. The lowest BCUT2D eigenvalue weighted by Gasteiger charge is -2.06. The van der Waals surface area contributed by atoms with Gasteiger partial charge in [-0.05, 0) is 34.3 Å². The van der Waals surface area contributed by atoms with Gasteiger partial charge in [-0.15, -0.1) is 11.3 Å². The number of carbonyl (C=O) groups excluding carboxylic acids is 2. The summed E-state index contributed by atoms with van der Waals surface area (Å²) in [6.45, 7) is 2.08. The molecule has 19 heavy (non-hydrogen) atoms. The second-order valence-corrected chi connectivity index (χ2v) is 6.94. The zero-order chi connectivity index (χ0) is 14.2. The molecule has 0 aromatic carbocycles. The Morgan fingerprint density at radius 2 is 1.84 bits per heavy atom. The van der Waals surface area contributed by atoms with Crippen LogP contribution in [0.5, 0.6) is 0 Å². The fourth-order valence-electron chi connectivity index (χ4n) is 2.19. The third-order valence-corrected chi connectivity index (χ3v) is 5.23. The highest BCUT2D eigenvalue weighted by Crippen LogP contribution is 2.44. The van der Waals surface area contributed by atoms with Gasteiger partial charge in [-0.2, -0.15) is 8.78 Å². The van der Waals surface area contributed by atoms with Gasteiger partial charge in [0.1, 0.15) is 0 Å². The van der Waals surface area contributed by atoms with Crippen molar-refractivity contribution in [1.29, 1.82) is 0 Å². The first-order valence-electron chi connectivity index (χ1n) is 6.19. The lowest BCUT2D eigenvalue weighted by atomic mass is 10.0. The van der Waals surface area contributed by atoms with Crippen molar-refractivity contribution in [1.82, 2.24) is 0 Å². The Labute approximate surface area is 122 Å². The minimum absolute atomic E-state index is 0.0524. The number of hydrogen-bond donors (Lipinski definition) is 0. The molecule has 1 heterocycles. The SMILES string of the molecule is CCCCCCc1c(Br)sc2c1C(=O)C(F)(F)C2=O. The second kappa shape index (κ2) is 5.40. The predicted octanol–water partition coefficient (Wildman–Crippen LogP) is 4.65. The van der Waals surface area contributed by atoms with E-state index in [0.29, 0.717) is 15.8 Å². The molecule has 0 aliphatic heterocycles. The summed E-state index contributed by atoms with van der Waals surface area (Å²) in [6, 6.07) is 0. The van der Waals surface area contributed by atoms with Gasteiger partial charge >= 0.3 is 5.92 Å². The summed E-state index contributed by atoms with van der Waals surface area (Å²) >= 11 is 4.22. The third kappa shape index (κ3) is 2.40. The summed E-state index contributed by atoms with van der Waals surface area (Å²) in [5.41, 5.74) is 0.523. The van der Waals surface area contributed by atoms with Crippen LogP contribution < -0.4 is 0 Å². The highest BCUT2D eigenvalue weighted by atomic mass is 79.9. The summed E-state index contributed by atoms with van der Waals surface area (Å²) in [7, 11) is 0. The monoisotopic (exact) mass is 350 g/mol. The molecule has 0 unspecified atom stereocenters. The van der Waals surface area contributed by atoms with Crippen LogP contribution in [0.1, 0.15) is 58.2 Å². The van der Waals surface area contributed by atoms with Crippen molar-refractivity contribution >= 4 is 38.8 Å². The summed E-state index contributed by atoms with van der Waals surface area (Å²) < 4.78 is 27.4. The number of hydrogen-bond acceptors (Lipinski definition) is 3. The maximum Gasteiger partial charge on any atom is 0.372 e. The van der Waals surface area contributed by atoms with E-state index in [1.165, 1.54) is 0 Å². The molecule has 0 radical (unpaired) electrons. The summed E-state index contributed by atoms with van der Waals surface area (Å²) in [6.07, 6.45) is 4.54. The first-order valence-corrected chi connectivity index (χ1v) is 7.80. The van der Waals surface area contributed by atoms with Gasteiger partial charge in [-0.3, -0.25) is 9.59 Å². The lowest BCUT2D eigenvalue weighted by Crippen LogP contribution is -2.30. The molecule has 0 N–H and O–H groups in total. The van der Waals surface area contributed by atoms with E-state index in [1.807, 2.05) is 0 Å². The molecular formula is C13H13BrF2O2S. The second-order valence-electron chi connectivity index (χ2n) is 4.60. The quantitative estimate of drug-likeness (QED) is 0.572. The molecule has 0 saturated heterocycles. The highest BCUT2D eigenvalue weighted by Gasteiger charge is 2.57. The number of fused-ring (bicyclic) bond motifs is 1. The Balaban J connectivity index is 2.27. The van der Waals surface area contributed by atoms with Gasteiger partial charge in [-0.1, -0.05) is 26.2 Å². The van der Waals surface area contributed by atoms with Crippen molar-refractivity contribution in [3.05, 3.63) is 19.8 Å². The van der Waals surface area contributed by atoms with E-state index in [0.717, 1.165) is 37.0 Å². The van der Waals surface area contributed by atoms with Crippen LogP contribution in [0.25, 0.3) is 0 Å². The molecule has 0 bridgehead atoms. The molecule has 104 valence electrons. The number of unbranched alkanes of at least 4 members (excludes halogenated alkanes) is 3. The van der Waals surface area contributed by atoms with Crippen molar-refractivity contribution in [3.63, 3.8) is 0 Å². The molecular weight excluding hydrogens is 338 g/mol. The van der Waals surface area contributed by atoms with Crippen molar-refractivity contribution in [3.8, 4) is 0 Å². The number of thiophene rings is 1. The van der Waals surface area contributed by atoms with E-state index in [1.54, 1.807) is 0 Å². The van der Waals surface area contributed by atoms with Gasteiger partial charge in [0.2, 0.25) is 5.78 Å². The van der Waals surface area contributed by atoms with Crippen LogP contribution in [0.4, 0.5) is 8.78 Å². The Kier molecular flexibility index (Phi) is 4.20. The fraction of sp³-hybridized carbons (Fsp3) is 0.538. The first-order chi connectivity index (χ1) is 8.91. The minimum Gasteiger partial charge on any atom is -0.287 e. The van der Waals surface area contributed by atoms with Crippen LogP contribution in [0, 0.1) is 0 Å². The number of rotatable bonds is 5. The van der Waals surface area contributed by atoms with E-state index >= 15 is 0 Å². The zero-order valence-corrected chi connectivity index (χ0v) is 12.8. The molecule has 0 fully saturated rings. The molecule has 0 spiro atoms. The molecule has 6 heteroatoms. The molecule has 0 amide bonds. The molecule has 1 aliphatic carbocycles. The highest BCUT2D eigenvalue weighted by molar-refractivity contribution is 9.11. The molecule has 1 aromatic rings. The standard InChI is InChI=1S/C13H13BrF2O2S/c1-2-3-4-5-6-7-8-9(19-12(7)14)11(18)13(15,16)10(8)17/h2-6H2,1H3. The van der Waals surface area contributed by atoms with Gasteiger partial charge in [0.05, 0.1) is 14.2 Å². The average molecular weight is 351 g/mol. The predicted molar refractivity (Wildman–Crippen MR) is 73.5 cm³/mol. The summed E-state index contributed by atoms with van der Waals surface area (Å²) in [5.74, 6) is -6.54. The van der Waals surface area contributed by atoms with Crippen molar-refractivity contribution in [2.75, 3.05) is 0 Å². The van der Waals surface area contributed by atoms with Crippen LogP contribution in [0.3, 0.4) is 0 Å². The molecule has 1 aliphatic rings. The fourth-order valence-corrected chi connectivity index (χ4v) is 4.12. The van der Waals surface area contributed by atoms with E-state index in [2.05, 4.69) is 22.9 Å². The number of halogens is 3. The summed E-state index contributed by atoms with van der Waals surface area (Å²) in [5, 5.41) is 0. The van der Waals surface area contributed by atoms with E-state index in [9.17, 15) is 18.4 Å². The molecule has 0 atom stereocenters. The van der Waals surface area contributed by atoms with Gasteiger partial charge < -0.3 is 0 Å². The summed E-state index contributed by atoms with van der Waals surface area (Å²) in [4.78, 5) is 23.1. The average Bonchev–Trinajstić information content (AvgIpc) is 2.76. The first kappa shape index (κ1) is 14.8. The smallest absolute Gasteiger partial charge is 0.287 e. The normalized spacial score (nSPS) is 17.1. The van der Waals surface area contributed by atoms with Crippen molar-refractivity contribution in [2.45, 2.75) is 45.0 Å². The van der Waals surface area contributed by atoms with Crippen molar-refractivity contribution in [2.24, 2.45) is 0 Å². The lowest BCUT2D eigenvalue weighted by molar-refractivity contribution is 0.0190. The number of carbonyl (C=O) groups is 2. The van der Waals surface area contributed by atoms with E-state index in [-0.39, 0.29) is 10.4 Å². The van der Waals surface area contributed by atoms with Crippen molar-refractivity contribution < 1.29 is 18.4 Å². The Morgan fingerprint density at radius 1 is 1.16 bits per heavy atom. The van der Waals surface area contributed by atoms with Gasteiger partial charge in [0, 0.05) is 0 Å². The Bertz CT molecular complexity index is 537. The Hall–Kier alpha value is -0.620. The van der Waals surface area contributed by atoms with Crippen LogP contribution in [0.2, 0.25) is 0 Å². The Morgan fingerprint density at radius 3 is 2.47 bits per heavy atom. The van der Waals surface area contributed by atoms with Gasteiger partial charge in [0.25, 0.3) is 5.78 Å². The number of alkyl halides is 2. The largest absolute Gasteiger partial charge is 0.372 e. The number of Topliss-reactive ketones (excluding diaryl/α,β-unsaturated/α-hetero) is 2. The van der Waals surface area contributed by atoms with E-state index < -0.39 is 17.5 Å². The third-order valence-electron chi connectivity index (χ3n) is 3.24.